The van der Waals surface area contributed by atoms with Gasteiger partial charge >= 0.3 is 6.03 Å². The Labute approximate surface area is 289 Å². The Morgan fingerprint density at radius 1 is 0.878 bits per heavy atom. The normalized spacial score (nSPS) is 12.7. The number of hydrogen-bond acceptors (Lipinski definition) is 8. The number of nitrogens with one attached hydrogen (secondary N) is 1. The molecule has 2 amide bonds. The first kappa shape index (κ1) is 32.0. The number of hydrogen-bond donors (Lipinski definition) is 2. The van der Waals surface area contributed by atoms with Crippen LogP contribution in [-0.2, 0) is 6.42 Å². The molecule has 3 heterocycles. The third-order valence-corrected chi connectivity index (χ3v) is 9.36. The molecule has 0 atom stereocenters. The monoisotopic (exact) mass is 671 g/mol. The van der Waals surface area contributed by atoms with Gasteiger partial charge in [-0.05, 0) is 79.9 Å². The largest absolute Gasteiger partial charge is 0.491 e. The lowest BCUT2D eigenvalue weighted by Crippen LogP contribution is -2.31. The van der Waals surface area contributed by atoms with Crippen molar-refractivity contribution in [2.45, 2.75) is 19.3 Å². The Kier molecular flexibility index (Phi) is 9.90. The summed E-state index contributed by atoms with van der Waals surface area (Å²) >= 11 is 1.62. The van der Waals surface area contributed by atoms with E-state index in [-0.39, 0.29) is 6.03 Å². The number of ether oxygens (including phenoxy) is 2. The highest BCUT2D eigenvalue weighted by Gasteiger charge is 2.22. The van der Waals surface area contributed by atoms with Crippen LogP contribution in [0, 0.1) is 0 Å². The van der Waals surface area contributed by atoms with Crippen LogP contribution < -0.4 is 20.5 Å². The molecule has 248 valence electrons. The summed E-state index contributed by atoms with van der Waals surface area (Å²) in [6, 6.07) is 34.0. The van der Waals surface area contributed by atoms with Crippen LogP contribution in [0.4, 0.5) is 4.79 Å². The van der Waals surface area contributed by atoms with Crippen molar-refractivity contribution in [3.05, 3.63) is 115 Å². The average molecular weight is 672 g/mol. The fourth-order valence-corrected chi connectivity index (χ4v) is 6.77. The van der Waals surface area contributed by atoms with Gasteiger partial charge in [0.15, 0.2) is 0 Å². The van der Waals surface area contributed by atoms with Crippen LogP contribution in [0.25, 0.3) is 38.0 Å². The van der Waals surface area contributed by atoms with E-state index in [1.165, 1.54) is 0 Å². The number of thiazole rings is 1. The second-order valence-corrected chi connectivity index (χ2v) is 12.6. The van der Waals surface area contributed by atoms with Crippen LogP contribution in [0.3, 0.4) is 0 Å². The van der Waals surface area contributed by atoms with Gasteiger partial charge in [-0.1, -0.05) is 53.7 Å². The van der Waals surface area contributed by atoms with E-state index in [4.69, 9.17) is 20.2 Å². The predicted molar refractivity (Wildman–Crippen MR) is 192 cm³/mol. The Bertz CT molecular complexity index is 2000. The molecule has 11 heteroatoms. The Balaban J connectivity index is 1.23. The SMILES string of the molecule is NCCCCc1cn(-c2ccc(-c3nc(-c4ccc(Oc5ccccc5)cc4)c(-c4ccccc4)s3)c(OCCN3CCNC3=O)c2)nn1. The zero-order valence-electron chi connectivity index (χ0n) is 27.0. The van der Waals surface area contributed by atoms with E-state index in [1.807, 2.05) is 97.2 Å². The van der Waals surface area contributed by atoms with Crippen molar-refractivity contribution in [1.82, 2.24) is 30.2 Å². The van der Waals surface area contributed by atoms with Gasteiger partial charge in [0, 0.05) is 24.7 Å². The highest BCUT2D eigenvalue weighted by molar-refractivity contribution is 7.19. The summed E-state index contributed by atoms with van der Waals surface area (Å²) in [7, 11) is 0. The number of urea groups is 1. The molecular formula is C38H37N7O3S. The van der Waals surface area contributed by atoms with E-state index in [2.05, 4.69) is 27.8 Å². The van der Waals surface area contributed by atoms with Crippen LogP contribution in [0.5, 0.6) is 17.2 Å². The summed E-state index contributed by atoms with van der Waals surface area (Å²) in [6.45, 7) is 2.77. The number of benzene rings is 4. The maximum absolute atomic E-state index is 12.2. The molecule has 6 aromatic rings. The van der Waals surface area contributed by atoms with E-state index in [0.717, 1.165) is 74.4 Å². The third-order valence-electron chi connectivity index (χ3n) is 8.22. The lowest BCUT2D eigenvalue weighted by atomic mass is 10.1. The van der Waals surface area contributed by atoms with Gasteiger partial charge in [-0.2, -0.15) is 0 Å². The zero-order valence-corrected chi connectivity index (χ0v) is 27.8. The molecule has 1 saturated heterocycles. The Morgan fingerprint density at radius 3 is 2.41 bits per heavy atom. The van der Waals surface area contributed by atoms with Crippen LogP contribution >= 0.6 is 11.3 Å². The molecule has 0 unspecified atom stereocenters. The molecular weight excluding hydrogens is 635 g/mol. The number of nitrogens with two attached hydrogens (primary N) is 1. The zero-order chi connectivity index (χ0) is 33.4. The standard InChI is InChI=1S/C38H37N7O3S/c39-20-8-7-11-29-26-45(43-42-29)30-16-19-33(34(25-30)47-24-23-44-22-21-40-38(44)46)37-41-35(36(49-37)28-9-3-1-4-10-28)27-14-17-32(18-15-27)48-31-12-5-2-6-13-31/h1-6,9-10,12-19,25-26H,7-8,11,20-24,39H2,(H,40,46). The van der Waals surface area contributed by atoms with Crippen molar-refractivity contribution in [2.75, 3.05) is 32.8 Å². The molecule has 49 heavy (non-hydrogen) atoms. The van der Waals surface area contributed by atoms with Gasteiger partial charge in [0.05, 0.1) is 40.3 Å². The number of para-hydroxylation sites is 1. The van der Waals surface area contributed by atoms with Crippen molar-refractivity contribution in [3.8, 4) is 55.2 Å². The maximum atomic E-state index is 12.2. The topological polar surface area (TPSA) is 120 Å². The number of carbonyl (C=O) groups excluding carboxylic acids is 1. The van der Waals surface area contributed by atoms with Crippen molar-refractivity contribution in [2.24, 2.45) is 5.73 Å². The summed E-state index contributed by atoms with van der Waals surface area (Å²) < 4.78 is 14.3. The van der Waals surface area contributed by atoms with Gasteiger partial charge in [-0.3, -0.25) is 0 Å². The van der Waals surface area contributed by atoms with E-state index >= 15 is 0 Å². The molecule has 0 bridgehead atoms. The number of nitrogens with zero attached hydrogens (tertiary/aromatic N) is 5. The fourth-order valence-electron chi connectivity index (χ4n) is 5.65. The van der Waals surface area contributed by atoms with Crippen LogP contribution in [0.1, 0.15) is 18.5 Å². The summed E-state index contributed by atoms with van der Waals surface area (Å²) in [4.78, 5) is 20.2. The second-order valence-electron chi connectivity index (χ2n) is 11.7. The molecule has 0 radical (unpaired) electrons. The minimum absolute atomic E-state index is 0.0698. The number of amides is 2. The molecule has 1 fully saturated rings. The summed E-state index contributed by atoms with van der Waals surface area (Å²) in [6.07, 6.45) is 4.68. The fraction of sp³-hybridized carbons (Fsp3) is 0.211. The minimum Gasteiger partial charge on any atom is -0.491 e. The maximum Gasteiger partial charge on any atom is 0.317 e. The third kappa shape index (κ3) is 7.64. The summed E-state index contributed by atoms with van der Waals surface area (Å²) in [5.41, 5.74) is 11.2. The summed E-state index contributed by atoms with van der Waals surface area (Å²) in [5, 5.41) is 12.4. The van der Waals surface area contributed by atoms with Crippen LogP contribution in [-0.4, -0.2) is 63.7 Å². The Morgan fingerprint density at radius 2 is 1.65 bits per heavy atom. The minimum atomic E-state index is -0.0698. The van der Waals surface area contributed by atoms with Crippen molar-refractivity contribution in [1.29, 1.82) is 0 Å². The van der Waals surface area contributed by atoms with Gasteiger partial charge in [-0.25, -0.2) is 14.5 Å². The molecule has 0 spiro atoms. The van der Waals surface area contributed by atoms with Gasteiger partial charge in [0.2, 0.25) is 0 Å². The van der Waals surface area contributed by atoms with E-state index < -0.39 is 0 Å². The van der Waals surface area contributed by atoms with Crippen LogP contribution in [0.15, 0.2) is 109 Å². The first-order valence-electron chi connectivity index (χ1n) is 16.5. The second kappa shape index (κ2) is 15.1. The molecule has 7 rings (SSSR count). The average Bonchev–Trinajstić information content (AvgIpc) is 3.90. The number of rotatable bonds is 14. The number of carbonyl (C=O) groups is 1. The Hall–Kier alpha value is -5.52. The lowest BCUT2D eigenvalue weighted by molar-refractivity contribution is 0.203. The van der Waals surface area contributed by atoms with Gasteiger partial charge in [-0.15, -0.1) is 16.4 Å². The predicted octanol–water partition coefficient (Wildman–Crippen LogP) is 7.20. The van der Waals surface area contributed by atoms with E-state index in [0.29, 0.717) is 38.5 Å². The van der Waals surface area contributed by atoms with Gasteiger partial charge in [0.1, 0.15) is 28.9 Å². The number of aromatic nitrogens is 4. The van der Waals surface area contributed by atoms with E-state index in [1.54, 1.807) is 20.9 Å². The van der Waals surface area contributed by atoms with Crippen molar-refractivity contribution >= 4 is 17.4 Å². The van der Waals surface area contributed by atoms with E-state index in [9.17, 15) is 4.79 Å². The molecule has 3 N–H and O–H groups in total. The quantitative estimate of drug-likeness (QED) is 0.118. The molecule has 2 aromatic heterocycles. The highest BCUT2D eigenvalue weighted by Crippen LogP contribution is 2.43. The first-order valence-corrected chi connectivity index (χ1v) is 17.3. The number of unbranched alkanes of at least 4 members (excludes halogenated alkanes) is 1. The number of aryl methyl sites for hydroxylation is 1. The van der Waals surface area contributed by atoms with Crippen LogP contribution in [0.2, 0.25) is 0 Å². The van der Waals surface area contributed by atoms with Gasteiger partial charge < -0.3 is 25.4 Å². The molecule has 0 saturated carbocycles. The molecule has 1 aliphatic rings. The van der Waals surface area contributed by atoms with Gasteiger partial charge in [0.25, 0.3) is 0 Å². The highest BCUT2D eigenvalue weighted by atomic mass is 32.1. The molecule has 1 aliphatic heterocycles. The first-order chi connectivity index (χ1) is 24.1. The van der Waals surface area contributed by atoms with Crippen molar-refractivity contribution < 1.29 is 14.3 Å². The molecule has 0 aliphatic carbocycles. The molecule has 10 nitrogen and oxygen atoms in total. The summed E-state index contributed by atoms with van der Waals surface area (Å²) in [5.74, 6) is 2.19. The van der Waals surface area contributed by atoms with Crippen molar-refractivity contribution in [3.63, 3.8) is 0 Å². The lowest BCUT2D eigenvalue weighted by Gasteiger charge is -2.16. The molecule has 4 aromatic carbocycles. The smallest absolute Gasteiger partial charge is 0.317 e.